The van der Waals surface area contributed by atoms with Crippen LogP contribution in [-0.2, 0) is 4.74 Å². The van der Waals surface area contributed by atoms with E-state index in [2.05, 4.69) is 9.97 Å². The molecule has 3 nitrogen and oxygen atoms in total. The van der Waals surface area contributed by atoms with Gasteiger partial charge in [0, 0.05) is 31.0 Å². The summed E-state index contributed by atoms with van der Waals surface area (Å²) in [7, 11) is 0. The first kappa shape index (κ1) is 12.1. The Morgan fingerprint density at radius 3 is 2.53 bits per heavy atom. The van der Waals surface area contributed by atoms with E-state index in [0.717, 1.165) is 37.6 Å². The first-order valence-electron chi connectivity index (χ1n) is 5.73. The third kappa shape index (κ3) is 3.59. The van der Waals surface area contributed by atoms with Crippen LogP contribution in [0.5, 0.6) is 0 Å². The summed E-state index contributed by atoms with van der Waals surface area (Å²) in [5.74, 6) is 1.50. The van der Waals surface area contributed by atoms with Crippen LogP contribution in [0.4, 0.5) is 0 Å². The van der Waals surface area contributed by atoms with Gasteiger partial charge < -0.3 is 4.74 Å². The quantitative estimate of drug-likeness (QED) is 0.711. The monoisotopic (exact) mass is 208 g/mol. The number of aryl methyl sites for hydroxylation is 1. The summed E-state index contributed by atoms with van der Waals surface area (Å²) < 4.78 is 5.30. The molecule has 0 radical (unpaired) electrons. The van der Waals surface area contributed by atoms with E-state index >= 15 is 0 Å². The van der Waals surface area contributed by atoms with Crippen molar-refractivity contribution < 1.29 is 4.74 Å². The molecule has 0 aromatic carbocycles. The molecule has 1 saturated heterocycles. The van der Waals surface area contributed by atoms with E-state index in [1.807, 2.05) is 33.0 Å². The molecule has 0 saturated carbocycles. The summed E-state index contributed by atoms with van der Waals surface area (Å²) in [4.78, 5) is 8.73. The first-order valence-corrected chi connectivity index (χ1v) is 5.73. The first-order chi connectivity index (χ1) is 7.36. The standard InChI is InChI=1S/C10H14N2O.C2H6/c1-8-2-5-11-10(12-8)9-3-6-13-7-4-9;1-2/h2,5,9H,3-4,6-7H2,1H3;1-2H3. The topological polar surface area (TPSA) is 35.0 Å². The lowest BCUT2D eigenvalue weighted by Crippen LogP contribution is -2.16. The van der Waals surface area contributed by atoms with Gasteiger partial charge in [-0.25, -0.2) is 9.97 Å². The second kappa shape index (κ2) is 6.51. The van der Waals surface area contributed by atoms with Gasteiger partial charge in [0.05, 0.1) is 0 Å². The van der Waals surface area contributed by atoms with Crippen molar-refractivity contribution in [3.05, 3.63) is 23.8 Å². The van der Waals surface area contributed by atoms with Gasteiger partial charge in [0.1, 0.15) is 5.82 Å². The van der Waals surface area contributed by atoms with E-state index in [0.29, 0.717) is 5.92 Å². The number of rotatable bonds is 1. The highest BCUT2D eigenvalue weighted by Gasteiger charge is 2.17. The molecular weight excluding hydrogens is 188 g/mol. The van der Waals surface area contributed by atoms with Crippen LogP contribution in [0.1, 0.15) is 44.1 Å². The molecule has 15 heavy (non-hydrogen) atoms. The third-order valence-electron chi connectivity index (χ3n) is 2.40. The molecule has 0 amide bonds. The summed E-state index contributed by atoms with van der Waals surface area (Å²) in [5, 5.41) is 0. The predicted molar refractivity (Wildman–Crippen MR) is 60.9 cm³/mol. The zero-order valence-corrected chi connectivity index (χ0v) is 9.86. The summed E-state index contributed by atoms with van der Waals surface area (Å²) in [5.41, 5.74) is 1.05. The van der Waals surface area contributed by atoms with Gasteiger partial charge in [-0.2, -0.15) is 0 Å². The SMILES string of the molecule is CC.Cc1ccnc(C2CCOCC2)n1. The number of hydrogen-bond donors (Lipinski definition) is 0. The number of hydrogen-bond acceptors (Lipinski definition) is 3. The molecule has 1 aromatic rings. The highest BCUT2D eigenvalue weighted by atomic mass is 16.5. The molecule has 1 aliphatic heterocycles. The van der Waals surface area contributed by atoms with Crippen molar-refractivity contribution in [2.75, 3.05) is 13.2 Å². The number of aromatic nitrogens is 2. The summed E-state index contributed by atoms with van der Waals surface area (Å²) in [6.45, 7) is 7.70. The molecule has 1 aliphatic rings. The molecule has 84 valence electrons. The smallest absolute Gasteiger partial charge is 0.131 e. The zero-order valence-electron chi connectivity index (χ0n) is 9.86. The second-order valence-electron chi connectivity index (χ2n) is 3.44. The lowest BCUT2D eigenvalue weighted by atomic mass is 9.99. The van der Waals surface area contributed by atoms with Gasteiger partial charge in [0.25, 0.3) is 0 Å². The zero-order chi connectivity index (χ0) is 11.1. The van der Waals surface area contributed by atoms with Crippen LogP contribution in [0.25, 0.3) is 0 Å². The minimum atomic E-state index is 0.508. The molecule has 0 unspecified atom stereocenters. The highest BCUT2D eigenvalue weighted by molar-refractivity contribution is 5.04. The Bertz CT molecular complexity index is 283. The maximum Gasteiger partial charge on any atom is 0.131 e. The van der Waals surface area contributed by atoms with Crippen LogP contribution in [0.15, 0.2) is 12.3 Å². The van der Waals surface area contributed by atoms with Crippen molar-refractivity contribution in [2.24, 2.45) is 0 Å². The van der Waals surface area contributed by atoms with Gasteiger partial charge in [-0.05, 0) is 25.8 Å². The Morgan fingerprint density at radius 2 is 1.93 bits per heavy atom. The molecule has 0 spiro atoms. The lowest BCUT2D eigenvalue weighted by molar-refractivity contribution is 0.0835. The third-order valence-corrected chi connectivity index (χ3v) is 2.40. The highest BCUT2D eigenvalue weighted by Crippen LogP contribution is 2.23. The Hall–Kier alpha value is -0.960. The fourth-order valence-corrected chi connectivity index (χ4v) is 1.62. The number of ether oxygens (including phenoxy) is 1. The van der Waals surface area contributed by atoms with Gasteiger partial charge in [-0.15, -0.1) is 0 Å². The molecule has 0 N–H and O–H groups in total. The van der Waals surface area contributed by atoms with Gasteiger partial charge in [-0.1, -0.05) is 13.8 Å². The minimum Gasteiger partial charge on any atom is -0.381 e. The van der Waals surface area contributed by atoms with Gasteiger partial charge in [0.15, 0.2) is 0 Å². The molecular formula is C12H20N2O. The van der Waals surface area contributed by atoms with E-state index in [1.165, 1.54) is 0 Å². The molecule has 0 atom stereocenters. The number of nitrogens with zero attached hydrogens (tertiary/aromatic N) is 2. The van der Waals surface area contributed by atoms with Crippen molar-refractivity contribution in [2.45, 2.75) is 39.5 Å². The Kier molecular flexibility index (Phi) is 5.26. The summed E-state index contributed by atoms with van der Waals surface area (Å²) >= 11 is 0. The van der Waals surface area contributed by atoms with Crippen LogP contribution in [0.2, 0.25) is 0 Å². The summed E-state index contributed by atoms with van der Waals surface area (Å²) in [6.07, 6.45) is 3.96. The maximum absolute atomic E-state index is 5.30. The fourth-order valence-electron chi connectivity index (χ4n) is 1.62. The van der Waals surface area contributed by atoms with Gasteiger partial charge >= 0.3 is 0 Å². The minimum absolute atomic E-state index is 0.508. The Labute approximate surface area is 91.9 Å². The van der Waals surface area contributed by atoms with Crippen molar-refractivity contribution in [1.82, 2.24) is 9.97 Å². The summed E-state index contributed by atoms with van der Waals surface area (Å²) in [6, 6.07) is 1.93. The average molecular weight is 208 g/mol. The Balaban J connectivity index is 0.000000531. The molecule has 1 aromatic heterocycles. The maximum atomic E-state index is 5.30. The normalized spacial score (nSPS) is 16.7. The lowest BCUT2D eigenvalue weighted by Gasteiger charge is -2.20. The van der Waals surface area contributed by atoms with E-state index in [9.17, 15) is 0 Å². The molecule has 2 heterocycles. The predicted octanol–water partition coefficient (Wildman–Crippen LogP) is 2.71. The molecule has 0 bridgehead atoms. The second-order valence-corrected chi connectivity index (χ2v) is 3.44. The van der Waals surface area contributed by atoms with E-state index in [4.69, 9.17) is 4.74 Å². The van der Waals surface area contributed by atoms with Crippen LogP contribution in [0, 0.1) is 6.92 Å². The van der Waals surface area contributed by atoms with E-state index in [-0.39, 0.29) is 0 Å². The molecule has 3 heteroatoms. The van der Waals surface area contributed by atoms with Crippen LogP contribution < -0.4 is 0 Å². The van der Waals surface area contributed by atoms with Crippen LogP contribution in [0.3, 0.4) is 0 Å². The van der Waals surface area contributed by atoms with Crippen LogP contribution in [-0.4, -0.2) is 23.2 Å². The average Bonchev–Trinajstić information content (AvgIpc) is 2.33. The van der Waals surface area contributed by atoms with Gasteiger partial charge in [-0.3, -0.25) is 0 Å². The molecule has 1 fully saturated rings. The van der Waals surface area contributed by atoms with Crippen molar-refractivity contribution in [3.8, 4) is 0 Å². The van der Waals surface area contributed by atoms with E-state index < -0.39 is 0 Å². The molecule has 2 rings (SSSR count). The largest absolute Gasteiger partial charge is 0.381 e. The fraction of sp³-hybridized carbons (Fsp3) is 0.667. The van der Waals surface area contributed by atoms with E-state index in [1.54, 1.807) is 0 Å². The molecule has 0 aliphatic carbocycles. The van der Waals surface area contributed by atoms with Crippen molar-refractivity contribution in [3.63, 3.8) is 0 Å². The Morgan fingerprint density at radius 1 is 1.27 bits per heavy atom. The van der Waals surface area contributed by atoms with Gasteiger partial charge in [0.2, 0.25) is 0 Å². The van der Waals surface area contributed by atoms with Crippen molar-refractivity contribution in [1.29, 1.82) is 0 Å². The van der Waals surface area contributed by atoms with Crippen LogP contribution >= 0.6 is 0 Å². The van der Waals surface area contributed by atoms with Crippen molar-refractivity contribution >= 4 is 0 Å².